The molecule has 0 aromatic heterocycles. The Morgan fingerprint density at radius 2 is 2.25 bits per heavy atom. The molecule has 1 aromatic rings. The van der Waals surface area contributed by atoms with Gasteiger partial charge in [0, 0.05) is 12.0 Å². The van der Waals surface area contributed by atoms with Gasteiger partial charge in [0.25, 0.3) is 5.69 Å². The maximum atomic E-state index is 11.5. The van der Waals surface area contributed by atoms with Crippen molar-refractivity contribution in [2.45, 2.75) is 13.0 Å². The van der Waals surface area contributed by atoms with Crippen LogP contribution >= 0.6 is 0 Å². The fourth-order valence-corrected chi connectivity index (χ4v) is 2.10. The van der Waals surface area contributed by atoms with Crippen molar-refractivity contribution in [2.75, 3.05) is 25.6 Å². The molecule has 1 aliphatic heterocycles. The number of nitrogens with one attached hydrogen (secondary N) is 1. The van der Waals surface area contributed by atoms with Crippen molar-refractivity contribution in [3.05, 3.63) is 33.9 Å². The third-order valence-electron chi connectivity index (χ3n) is 3.32. The summed E-state index contributed by atoms with van der Waals surface area (Å²) in [5.74, 6) is -0.282. The molecule has 7 nitrogen and oxygen atoms in total. The van der Waals surface area contributed by atoms with Gasteiger partial charge in [-0.3, -0.25) is 10.1 Å². The SMILES string of the molecule is COC(=O)c1ccc([N+](=O)[O-])c(N[C@@H]2COC[C@@H]2C)c1. The summed E-state index contributed by atoms with van der Waals surface area (Å²) in [6, 6.07) is 4.11. The first kappa shape index (κ1) is 14.3. The minimum Gasteiger partial charge on any atom is -0.465 e. The van der Waals surface area contributed by atoms with Gasteiger partial charge in [-0.1, -0.05) is 6.92 Å². The molecule has 0 saturated carbocycles. The topological polar surface area (TPSA) is 90.7 Å². The molecule has 1 aliphatic rings. The number of nitrogens with zero attached hydrogens (tertiary/aromatic N) is 1. The predicted molar refractivity (Wildman–Crippen MR) is 71.8 cm³/mol. The van der Waals surface area contributed by atoms with E-state index >= 15 is 0 Å². The van der Waals surface area contributed by atoms with Gasteiger partial charge in [0.2, 0.25) is 0 Å². The number of hydrogen-bond acceptors (Lipinski definition) is 6. The largest absolute Gasteiger partial charge is 0.465 e. The van der Waals surface area contributed by atoms with E-state index in [4.69, 9.17) is 4.74 Å². The van der Waals surface area contributed by atoms with Gasteiger partial charge in [-0.2, -0.15) is 0 Å². The Morgan fingerprint density at radius 3 is 2.80 bits per heavy atom. The Hall–Kier alpha value is -2.15. The van der Waals surface area contributed by atoms with E-state index in [0.717, 1.165) is 0 Å². The van der Waals surface area contributed by atoms with Crippen molar-refractivity contribution in [3.63, 3.8) is 0 Å². The Labute approximate surface area is 116 Å². The summed E-state index contributed by atoms with van der Waals surface area (Å²) in [7, 11) is 1.27. The molecule has 0 aliphatic carbocycles. The highest BCUT2D eigenvalue weighted by molar-refractivity contribution is 5.91. The van der Waals surface area contributed by atoms with Crippen LogP contribution in [-0.4, -0.2) is 37.3 Å². The summed E-state index contributed by atoms with van der Waals surface area (Å²) < 4.78 is 9.94. The van der Waals surface area contributed by atoms with E-state index in [1.54, 1.807) is 0 Å². The molecule has 108 valence electrons. The Kier molecular flexibility index (Phi) is 4.19. The Balaban J connectivity index is 2.31. The quantitative estimate of drug-likeness (QED) is 0.514. The molecule has 0 unspecified atom stereocenters. The highest BCUT2D eigenvalue weighted by Crippen LogP contribution is 2.28. The molecule has 0 radical (unpaired) electrons. The molecule has 1 aromatic carbocycles. The zero-order valence-electron chi connectivity index (χ0n) is 11.3. The van der Waals surface area contributed by atoms with Gasteiger partial charge >= 0.3 is 5.97 Å². The number of hydrogen-bond donors (Lipinski definition) is 1. The number of anilines is 1. The van der Waals surface area contributed by atoms with Gasteiger partial charge in [0.1, 0.15) is 5.69 Å². The smallest absolute Gasteiger partial charge is 0.337 e. The molecule has 7 heteroatoms. The Morgan fingerprint density at radius 1 is 1.50 bits per heavy atom. The van der Waals surface area contributed by atoms with Crippen LogP contribution in [0.15, 0.2) is 18.2 Å². The molecular weight excluding hydrogens is 264 g/mol. The Bertz CT molecular complexity index is 531. The van der Waals surface area contributed by atoms with Gasteiger partial charge in [-0.15, -0.1) is 0 Å². The van der Waals surface area contributed by atoms with Crippen LogP contribution in [0.2, 0.25) is 0 Å². The van der Waals surface area contributed by atoms with Crippen LogP contribution in [0.4, 0.5) is 11.4 Å². The lowest BCUT2D eigenvalue weighted by Crippen LogP contribution is -2.26. The second-order valence-electron chi connectivity index (χ2n) is 4.75. The molecule has 0 bridgehead atoms. The van der Waals surface area contributed by atoms with Gasteiger partial charge < -0.3 is 14.8 Å². The normalized spacial score (nSPS) is 21.5. The monoisotopic (exact) mass is 280 g/mol. The van der Waals surface area contributed by atoms with Crippen LogP contribution < -0.4 is 5.32 Å². The molecular formula is C13H16N2O5. The first-order chi connectivity index (χ1) is 9.52. The summed E-state index contributed by atoms with van der Waals surface area (Å²) >= 11 is 0. The van der Waals surface area contributed by atoms with Crippen LogP contribution in [0, 0.1) is 16.0 Å². The van der Waals surface area contributed by atoms with E-state index < -0.39 is 10.9 Å². The molecule has 2 atom stereocenters. The second kappa shape index (κ2) is 5.87. The van der Waals surface area contributed by atoms with Gasteiger partial charge in [-0.05, 0) is 12.1 Å². The predicted octanol–water partition coefficient (Wildman–Crippen LogP) is 1.83. The van der Waals surface area contributed by atoms with Crippen molar-refractivity contribution in [1.82, 2.24) is 0 Å². The number of rotatable bonds is 4. The standard InChI is InChI=1S/C13H16N2O5/c1-8-6-20-7-11(8)14-10-5-9(13(16)19-2)3-4-12(10)15(17)18/h3-5,8,11,14H,6-7H2,1-2H3/t8-,11+/m0/s1. The molecule has 1 saturated heterocycles. The molecule has 1 heterocycles. The number of methoxy groups -OCH3 is 1. The van der Waals surface area contributed by atoms with Gasteiger partial charge in [0.05, 0.1) is 36.9 Å². The average Bonchev–Trinajstić information content (AvgIpc) is 2.83. The average molecular weight is 280 g/mol. The molecule has 0 spiro atoms. The van der Waals surface area contributed by atoms with E-state index in [1.807, 2.05) is 6.92 Å². The number of carbonyl (C=O) groups is 1. The number of benzene rings is 1. The zero-order chi connectivity index (χ0) is 14.7. The third-order valence-corrected chi connectivity index (χ3v) is 3.32. The molecule has 0 amide bonds. The minimum atomic E-state index is -0.529. The number of esters is 1. The number of nitro benzene ring substituents is 1. The summed E-state index contributed by atoms with van der Waals surface area (Å²) in [5, 5.41) is 14.1. The maximum Gasteiger partial charge on any atom is 0.337 e. The number of carbonyl (C=O) groups excluding carboxylic acids is 1. The fourth-order valence-electron chi connectivity index (χ4n) is 2.10. The van der Waals surface area contributed by atoms with Crippen molar-refractivity contribution in [3.8, 4) is 0 Å². The first-order valence-corrected chi connectivity index (χ1v) is 6.24. The minimum absolute atomic E-state index is 0.0124. The summed E-state index contributed by atoms with van der Waals surface area (Å²) in [6.45, 7) is 3.10. The lowest BCUT2D eigenvalue weighted by Gasteiger charge is -2.17. The number of ether oxygens (including phenoxy) is 2. The first-order valence-electron chi connectivity index (χ1n) is 6.24. The highest BCUT2D eigenvalue weighted by atomic mass is 16.6. The second-order valence-corrected chi connectivity index (χ2v) is 4.75. The van der Waals surface area contributed by atoms with Crippen LogP contribution in [0.5, 0.6) is 0 Å². The summed E-state index contributed by atoms with van der Waals surface area (Å²) in [5.41, 5.74) is 0.504. The molecule has 1 fully saturated rings. The van der Waals surface area contributed by atoms with Crippen molar-refractivity contribution >= 4 is 17.3 Å². The van der Waals surface area contributed by atoms with E-state index in [0.29, 0.717) is 18.9 Å². The number of nitro groups is 1. The highest BCUT2D eigenvalue weighted by Gasteiger charge is 2.27. The lowest BCUT2D eigenvalue weighted by molar-refractivity contribution is -0.384. The van der Waals surface area contributed by atoms with Crippen molar-refractivity contribution < 1.29 is 19.2 Å². The van der Waals surface area contributed by atoms with E-state index in [-0.39, 0.29) is 23.2 Å². The van der Waals surface area contributed by atoms with E-state index in [1.165, 1.54) is 25.3 Å². The van der Waals surface area contributed by atoms with Crippen LogP contribution in [0.25, 0.3) is 0 Å². The van der Waals surface area contributed by atoms with Gasteiger partial charge in [0.15, 0.2) is 0 Å². The van der Waals surface area contributed by atoms with E-state index in [9.17, 15) is 14.9 Å². The summed E-state index contributed by atoms with van der Waals surface area (Å²) in [6.07, 6.45) is 0. The van der Waals surface area contributed by atoms with Gasteiger partial charge in [-0.25, -0.2) is 4.79 Å². The van der Waals surface area contributed by atoms with Crippen LogP contribution in [0.1, 0.15) is 17.3 Å². The zero-order valence-corrected chi connectivity index (χ0v) is 11.3. The molecule has 2 rings (SSSR count). The van der Waals surface area contributed by atoms with Crippen LogP contribution in [0.3, 0.4) is 0 Å². The molecule has 1 N–H and O–H groups in total. The maximum absolute atomic E-state index is 11.5. The lowest BCUT2D eigenvalue weighted by atomic mass is 10.1. The summed E-state index contributed by atoms with van der Waals surface area (Å²) in [4.78, 5) is 22.1. The van der Waals surface area contributed by atoms with Crippen molar-refractivity contribution in [2.24, 2.45) is 5.92 Å². The van der Waals surface area contributed by atoms with Crippen LogP contribution in [-0.2, 0) is 9.47 Å². The van der Waals surface area contributed by atoms with E-state index in [2.05, 4.69) is 10.1 Å². The molecule has 20 heavy (non-hydrogen) atoms. The third kappa shape index (κ3) is 2.88. The fraction of sp³-hybridized carbons (Fsp3) is 0.462. The van der Waals surface area contributed by atoms with Crippen molar-refractivity contribution in [1.29, 1.82) is 0 Å².